The molecule has 1 atom stereocenters. The maximum absolute atomic E-state index is 11.3. The molecule has 92 valence electrons. The number of aromatic nitrogens is 2. The molecule has 1 heterocycles. The first-order valence-electron chi connectivity index (χ1n) is 5.41. The summed E-state index contributed by atoms with van der Waals surface area (Å²) in [6.45, 7) is 0. The van der Waals surface area contributed by atoms with Crippen LogP contribution in [0.1, 0.15) is 17.3 Å². The number of carboxylic acid groups (broad SMARTS) is 1. The standard InChI is InChI=1S/C13H11ClN2O2/c14-10-4-2-9(3-5-10)11(13(17)18)8-12-15-6-1-7-16-12/h1-7,11H,8H2,(H,17,18). The molecule has 1 unspecified atom stereocenters. The topological polar surface area (TPSA) is 63.1 Å². The van der Waals surface area contributed by atoms with E-state index in [4.69, 9.17) is 11.6 Å². The lowest BCUT2D eigenvalue weighted by atomic mass is 9.95. The van der Waals surface area contributed by atoms with E-state index in [-0.39, 0.29) is 6.42 Å². The zero-order chi connectivity index (χ0) is 13.0. The van der Waals surface area contributed by atoms with Crippen LogP contribution in [-0.4, -0.2) is 21.0 Å². The summed E-state index contributed by atoms with van der Waals surface area (Å²) in [5.74, 6) is -1.05. The first-order chi connectivity index (χ1) is 8.66. The molecule has 0 radical (unpaired) electrons. The molecule has 0 aliphatic rings. The Hall–Kier alpha value is -1.94. The molecular formula is C13H11ClN2O2. The van der Waals surface area contributed by atoms with E-state index >= 15 is 0 Å². The van der Waals surface area contributed by atoms with Crippen LogP contribution >= 0.6 is 11.6 Å². The fourth-order valence-corrected chi connectivity index (χ4v) is 1.79. The normalized spacial score (nSPS) is 12.1. The Labute approximate surface area is 109 Å². The van der Waals surface area contributed by atoms with Crippen LogP contribution in [0, 0.1) is 0 Å². The smallest absolute Gasteiger partial charge is 0.311 e. The Kier molecular flexibility index (Phi) is 3.89. The lowest BCUT2D eigenvalue weighted by molar-refractivity contribution is -0.138. The van der Waals surface area contributed by atoms with E-state index in [0.717, 1.165) is 0 Å². The van der Waals surface area contributed by atoms with E-state index < -0.39 is 11.9 Å². The third kappa shape index (κ3) is 3.05. The van der Waals surface area contributed by atoms with Crippen molar-refractivity contribution in [2.45, 2.75) is 12.3 Å². The van der Waals surface area contributed by atoms with Crippen LogP contribution < -0.4 is 0 Å². The first kappa shape index (κ1) is 12.5. The van der Waals surface area contributed by atoms with Crippen molar-refractivity contribution in [1.29, 1.82) is 0 Å². The van der Waals surface area contributed by atoms with E-state index in [2.05, 4.69) is 9.97 Å². The maximum Gasteiger partial charge on any atom is 0.311 e. The number of aliphatic carboxylic acids is 1. The predicted molar refractivity (Wildman–Crippen MR) is 67.6 cm³/mol. The van der Waals surface area contributed by atoms with Crippen molar-refractivity contribution < 1.29 is 9.90 Å². The SMILES string of the molecule is O=C(O)C(Cc1ncccn1)c1ccc(Cl)cc1. The van der Waals surface area contributed by atoms with Crippen LogP contribution in [0.5, 0.6) is 0 Å². The predicted octanol–water partition coefficient (Wildman–Crippen LogP) is 2.54. The van der Waals surface area contributed by atoms with Gasteiger partial charge < -0.3 is 5.11 Å². The van der Waals surface area contributed by atoms with Crippen LogP contribution in [0.4, 0.5) is 0 Å². The number of rotatable bonds is 4. The molecule has 0 saturated heterocycles. The molecule has 5 heteroatoms. The molecule has 0 amide bonds. The van der Waals surface area contributed by atoms with Crippen molar-refractivity contribution in [3.05, 3.63) is 59.1 Å². The molecule has 2 rings (SSSR count). The van der Waals surface area contributed by atoms with Crippen molar-refractivity contribution >= 4 is 17.6 Å². The van der Waals surface area contributed by atoms with Gasteiger partial charge in [0.25, 0.3) is 0 Å². The van der Waals surface area contributed by atoms with Gasteiger partial charge in [0.2, 0.25) is 0 Å². The highest BCUT2D eigenvalue weighted by Gasteiger charge is 2.21. The Morgan fingerprint density at radius 3 is 2.39 bits per heavy atom. The molecule has 0 fully saturated rings. The highest BCUT2D eigenvalue weighted by Crippen LogP contribution is 2.21. The Balaban J connectivity index is 2.24. The van der Waals surface area contributed by atoms with Crippen LogP contribution in [0.25, 0.3) is 0 Å². The summed E-state index contributed by atoms with van der Waals surface area (Å²) in [6.07, 6.45) is 3.46. The van der Waals surface area contributed by atoms with Gasteiger partial charge in [-0.05, 0) is 23.8 Å². The quantitative estimate of drug-likeness (QED) is 0.920. The monoisotopic (exact) mass is 262 g/mol. The molecule has 18 heavy (non-hydrogen) atoms. The summed E-state index contributed by atoms with van der Waals surface area (Å²) >= 11 is 5.78. The second kappa shape index (κ2) is 5.60. The highest BCUT2D eigenvalue weighted by atomic mass is 35.5. The van der Waals surface area contributed by atoms with Gasteiger partial charge in [0.15, 0.2) is 0 Å². The van der Waals surface area contributed by atoms with E-state index in [1.165, 1.54) is 0 Å². The molecule has 0 bridgehead atoms. The van der Waals surface area contributed by atoms with E-state index in [0.29, 0.717) is 16.4 Å². The van der Waals surface area contributed by atoms with Crippen molar-refractivity contribution in [2.75, 3.05) is 0 Å². The molecule has 1 aromatic carbocycles. The molecule has 0 saturated carbocycles. The molecule has 0 spiro atoms. The first-order valence-corrected chi connectivity index (χ1v) is 5.79. The second-order valence-corrected chi connectivity index (χ2v) is 4.25. The van der Waals surface area contributed by atoms with Gasteiger partial charge >= 0.3 is 5.97 Å². The minimum Gasteiger partial charge on any atom is -0.481 e. The molecular weight excluding hydrogens is 252 g/mol. The lowest BCUT2D eigenvalue weighted by Gasteiger charge is -2.11. The zero-order valence-electron chi connectivity index (χ0n) is 9.45. The molecule has 0 aliphatic carbocycles. The summed E-state index contributed by atoms with van der Waals surface area (Å²) in [7, 11) is 0. The maximum atomic E-state index is 11.3. The van der Waals surface area contributed by atoms with Gasteiger partial charge in [0, 0.05) is 23.8 Å². The average molecular weight is 263 g/mol. The third-order valence-corrected chi connectivity index (χ3v) is 2.83. The number of hydrogen-bond acceptors (Lipinski definition) is 3. The van der Waals surface area contributed by atoms with Crippen LogP contribution in [-0.2, 0) is 11.2 Å². The summed E-state index contributed by atoms with van der Waals surface area (Å²) in [5, 5.41) is 9.85. The van der Waals surface area contributed by atoms with Crippen molar-refractivity contribution in [2.24, 2.45) is 0 Å². The fraction of sp³-hybridized carbons (Fsp3) is 0.154. The number of nitrogens with zero attached hydrogens (tertiary/aromatic N) is 2. The van der Waals surface area contributed by atoms with Crippen LogP contribution in [0.3, 0.4) is 0 Å². The summed E-state index contributed by atoms with van der Waals surface area (Å²) in [6, 6.07) is 8.48. The lowest BCUT2D eigenvalue weighted by Crippen LogP contribution is -2.15. The molecule has 4 nitrogen and oxygen atoms in total. The van der Waals surface area contributed by atoms with Gasteiger partial charge in [-0.25, -0.2) is 9.97 Å². The average Bonchev–Trinajstić information content (AvgIpc) is 2.38. The fourth-order valence-electron chi connectivity index (χ4n) is 1.66. The van der Waals surface area contributed by atoms with Gasteiger partial charge in [0.05, 0.1) is 5.92 Å². The highest BCUT2D eigenvalue weighted by molar-refractivity contribution is 6.30. The van der Waals surface area contributed by atoms with Crippen molar-refractivity contribution in [3.63, 3.8) is 0 Å². The number of carbonyl (C=O) groups is 1. The zero-order valence-corrected chi connectivity index (χ0v) is 10.2. The van der Waals surface area contributed by atoms with E-state index in [9.17, 15) is 9.90 Å². The number of hydrogen-bond donors (Lipinski definition) is 1. The minimum absolute atomic E-state index is 0.262. The number of halogens is 1. The Morgan fingerprint density at radius 1 is 1.22 bits per heavy atom. The Morgan fingerprint density at radius 2 is 1.83 bits per heavy atom. The van der Waals surface area contributed by atoms with Gasteiger partial charge in [-0.15, -0.1) is 0 Å². The molecule has 0 aliphatic heterocycles. The second-order valence-electron chi connectivity index (χ2n) is 3.81. The van der Waals surface area contributed by atoms with Crippen molar-refractivity contribution in [1.82, 2.24) is 9.97 Å². The van der Waals surface area contributed by atoms with Gasteiger partial charge in [-0.2, -0.15) is 0 Å². The summed E-state index contributed by atoms with van der Waals surface area (Å²) in [5.41, 5.74) is 0.694. The van der Waals surface area contributed by atoms with Crippen LogP contribution in [0.2, 0.25) is 5.02 Å². The van der Waals surface area contributed by atoms with Gasteiger partial charge in [0.1, 0.15) is 5.82 Å². The van der Waals surface area contributed by atoms with Gasteiger partial charge in [-0.1, -0.05) is 23.7 Å². The van der Waals surface area contributed by atoms with Crippen LogP contribution in [0.15, 0.2) is 42.7 Å². The number of benzene rings is 1. The minimum atomic E-state index is -0.898. The Bertz CT molecular complexity index is 528. The molecule has 1 aromatic heterocycles. The summed E-state index contributed by atoms with van der Waals surface area (Å²) < 4.78 is 0. The summed E-state index contributed by atoms with van der Waals surface area (Å²) in [4.78, 5) is 19.4. The molecule has 1 N–H and O–H groups in total. The van der Waals surface area contributed by atoms with Gasteiger partial charge in [-0.3, -0.25) is 4.79 Å². The third-order valence-electron chi connectivity index (χ3n) is 2.58. The molecule has 2 aromatic rings. The van der Waals surface area contributed by atoms with E-state index in [1.54, 1.807) is 42.7 Å². The van der Waals surface area contributed by atoms with E-state index in [1.807, 2.05) is 0 Å². The largest absolute Gasteiger partial charge is 0.481 e. The number of carboxylic acids is 1. The van der Waals surface area contributed by atoms with Crippen molar-refractivity contribution in [3.8, 4) is 0 Å².